The summed E-state index contributed by atoms with van der Waals surface area (Å²) in [6.07, 6.45) is 8.54. The van der Waals surface area contributed by atoms with E-state index in [2.05, 4.69) is 42.0 Å². The van der Waals surface area contributed by atoms with Gasteiger partial charge in [0, 0.05) is 18.0 Å². The summed E-state index contributed by atoms with van der Waals surface area (Å²) in [6, 6.07) is 3.36. The third kappa shape index (κ3) is 3.24. The maximum Gasteiger partial charge on any atom is 0.213 e. The molecule has 1 N–H and O–H groups in total. The van der Waals surface area contributed by atoms with Crippen LogP contribution in [0.1, 0.15) is 5.56 Å². The van der Waals surface area contributed by atoms with Gasteiger partial charge in [-0.3, -0.25) is 4.98 Å². The van der Waals surface area contributed by atoms with Gasteiger partial charge in [-0.2, -0.15) is 0 Å². The first-order valence-electron chi connectivity index (χ1n) is 5.02. The highest BCUT2D eigenvalue weighted by atomic mass is 28.3. The fraction of sp³-hybridized carbons (Fsp3) is 0.308. The molecule has 0 saturated heterocycles. The predicted octanol–water partition coefficient (Wildman–Crippen LogP) is 1.78. The van der Waals surface area contributed by atoms with Gasteiger partial charge in [-0.15, -0.1) is 12.0 Å². The molecule has 1 aromatic heterocycles. The summed E-state index contributed by atoms with van der Waals surface area (Å²) in [5.74, 6) is 5.15. The van der Waals surface area contributed by atoms with Gasteiger partial charge >= 0.3 is 0 Å². The van der Waals surface area contributed by atoms with E-state index in [1.54, 1.807) is 24.5 Å². The molecule has 0 spiro atoms. The average molecular weight is 229 g/mol. The Hall–Kier alpha value is -1.55. The van der Waals surface area contributed by atoms with Crippen LogP contribution < -0.4 is 0 Å². The molecule has 0 amide bonds. The van der Waals surface area contributed by atoms with Crippen LogP contribution in [0.2, 0.25) is 19.6 Å². The minimum absolute atomic E-state index is 0.593. The highest BCUT2D eigenvalue weighted by Gasteiger charge is 2.24. The molecule has 1 unspecified atom stereocenters. The van der Waals surface area contributed by atoms with Crippen LogP contribution in [0, 0.1) is 23.8 Å². The van der Waals surface area contributed by atoms with Crippen molar-refractivity contribution in [1.29, 1.82) is 0 Å². The van der Waals surface area contributed by atoms with Crippen molar-refractivity contribution in [3.05, 3.63) is 30.1 Å². The Morgan fingerprint density at radius 1 is 1.31 bits per heavy atom. The van der Waals surface area contributed by atoms with Gasteiger partial charge in [0.05, 0.1) is 0 Å². The zero-order valence-electron chi connectivity index (χ0n) is 9.78. The van der Waals surface area contributed by atoms with Gasteiger partial charge in [0.25, 0.3) is 0 Å². The molecule has 0 radical (unpaired) electrons. The zero-order valence-corrected chi connectivity index (χ0v) is 10.8. The molecule has 1 atom stereocenters. The van der Waals surface area contributed by atoms with E-state index in [9.17, 15) is 5.11 Å². The van der Waals surface area contributed by atoms with Crippen LogP contribution in [0.15, 0.2) is 24.5 Å². The normalized spacial score (nSPS) is 14.2. The number of hydrogen-bond donors (Lipinski definition) is 1. The number of aliphatic hydroxyl groups is 1. The van der Waals surface area contributed by atoms with Crippen LogP contribution in [0.4, 0.5) is 0 Å². The van der Waals surface area contributed by atoms with Crippen molar-refractivity contribution < 1.29 is 5.11 Å². The summed E-state index contributed by atoms with van der Waals surface area (Å²) in [5.41, 5.74) is 2.18. The topological polar surface area (TPSA) is 33.1 Å². The Labute approximate surface area is 97.7 Å². The highest BCUT2D eigenvalue weighted by molar-refractivity contribution is 6.83. The second-order valence-electron chi connectivity index (χ2n) is 4.59. The molecule has 0 fully saturated rings. The third-order valence-electron chi connectivity index (χ3n) is 1.93. The minimum atomic E-state index is -1.55. The second-order valence-corrected chi connectivity index (χ2v) is 9.34. The number of rotatable bonds is 1. The first-order chi connectivity index (χ1) is 7.37. The van der Waals surface area contributed by atoms with Gasteiger partial charge in [0.2, 0.25) is 5.60 Å². The number of nitrogens with zero attached hydrogens (tertiary/aromatic N) is 1. The van der Waals surface area contributed by atoms with E-state index >= 15 is 0 Å². The standard InChI is InChI=1S/C13H15NOSi/c1-5-13(15,8-11-16(2,3)4)12-6-9-14-10-7-12/h1,6-7,9-10,15H,2-4H3. The molecule has 0 aliphatic rings. The van der Waals surface area contributed by atoms with Gasteiger partial charge in [0.15, 0.2) is 0 Å². The van der Waals surface area contributed by atoms with Crippen molar-refractivity contribution in [3.63, 3.8) is 0 Å². The molecule has 0 saturated carbocycles. The van der Waals surface area contributed by atoms with E-state index < -0.39 is 13.7 Å². The molecular formula is C13H15NOSi. The zero-order chi connectivity index (χ0) is 12.2. The Kier molecular flexibility index (Phi) is 3.54. The van der Waals surface area contributed by atoms with E-state index in [-0.39, 0.29) is 0 Å². The maximum absolute atomic E-state index is 10.2. The summed E-state index contributed by atoms with van der Waals surface area (Å²) < 4.78 is 0. The van der Waals surface area contributed by atoms with Crippen LogP contribution in [0.3, 0.4) is 0 Å². The lowest BCUT2D eigenvalue weighted by molar-refractivity contribution is 0.165. The van der Waals surface area contributed by atoms with E-state index in [4.69, 9.17) is 6.42 Å². The average Bonchev–Trinajstić information content (AvgIpc) is 2.26. The molecule has 1 rings (SSSR count). The Balaban J connectivity index is 3.14. The van der Waals surface area contributed by atoms with E-state index in [1.807, 2.05) is 0 Å². The quantitative estimate of drug-likeness (QED) is 0.588. The lowest BCUT2D eigenvalue weighted by atomic mass is 9.97. The molecule has 0 bridgehead atoms. The third-order valence-corrected chi connectivity index (χ3v) is 2.80. The van der Waals surface area contributed by atoms with Crippen molar-refractivity contribution >= 4 is 8.07 Å². The van der Waals surface area contributed by atoms with E-state index in [0.29, 0.717) is 5.56 Å². The first kappa shape index (κ1) is 12.5. The van der Waals surface area contributed by atoms with E-state index in [0.717, 1.165) is 0 Å². The summed E-state index contributed by atoms with van der Waals surface area (Å²) in [7, 11) is -1.55. The Morgan fingerprint density at radius 3 is 2.31 bits per heavy atom. The van der Waals surface area contributed by atoms with Gasteiger partial charge in [-0.25, -0.2) is 0 Å². The Morgan fingerprint density at radius 2 is 1.88 bits per heavy atom. The Bertz CT molecular complexity index is 459. The predicted molar refractivity (Wildman–Crippen MR) is 68.1 cm³/mol. The fourth-order valence-electron chi connectivity index (χ4n) is 1.06. The second kappa shape index (κ2) is 4.53. The number of hydrogen-bond acceptors (Lipinski definition) is 2. The van der Waals surface area contributed by atoms with Crippen LogP contribution in [-0.4, -0.2) is 18.2 Å². The minimum Gasteiger partial charge on any atom is -0.364 e. The maximum atomic E-state index is 10.2. The molecular weight excluding hydrogens is 214 g/mol. The lowest BCUT2D eigenvalue weighted by Crippen LogP contribution is -2.24. The number of terminal acetylenes is 1. The first-order valence-corrected chi connectivity index (χ1v) is 8.52. The highest BCUT2D eigenvalue weighted by Crippen LogP contribution is 2.18. The molecule has 0 aliphatic heterocycles. The van der Waals surface area contributed by atoms with Crippen molar-refractivity contribution in [3.8, 4) is 23.8 Å². The number of pyridine rings is 1. The van der Waals surface area contributed by atoms with Crippen molar-refractivity contribution in [2.45, 2.75) is 25.2 Å². The summed E-state index contributed by atoms with van der Waals surface area (Å²) in [6.45, 7) is 6.30. The summed E-state index contributed by atoms with van der Waals surface area (Å²) >= 11 is 0. The van der Waals surface area contributed by atoms with Crippen LogP contribution >= 0.6 is 0 Å². The largest absolute Gasteiger partial charge is 0.364 e. The molecule has 0 aliphatic carbocycles. The summed E-state index contributed by atoms with van der Waals surface area (Å²) in [4.78, 5) is 3.88. The van der Waals surface area contributed by atoms with Gasteiger partial charge in [-0.05, 0) is 12.1 Å². The molecule has 16 heavy (non-hydrogen) atoms. The molecule has 1 heterocycles. The van der Waals surface area contributed by atoms with Gasteiger partial charge in [0.1, 0.15) is 8.07 Å². The van der Waals surface area contributed by atoms with Gasteiger partial charge < -0.3 is 5.11 Å². The smallest absolute Gasteiger partial charge is 0.213 e. The van der Waals surface area contributed by atoms with Crippen LogP contribution in [0.5, 0.6) is 0 Å². The van der Waals surface area contributed by atoms with Crippen LogP contribution in [0.25, 0.3) is 0 Å². The molecule has 2 nitrogen and oxygen atoms in total. The fourth-order valence-corrected chi connectivity index (χ4v) is 1.62. The van der Waals surface area contributed by atoms with Crippen molar-refractivity contribution in [1.82, 2.24) is 4.98 Å². The molecule has 3 heteroatoms. The van der Waals surface area contributed by atoms with Crippen molar-refractivity contribution in [2.75, 3.05) is 0 Å². The molecule has 0 aromatic carbocycles. The van der Waals surface area contributed by atoms with Crippen LogP contribution in [-0.2, 0) is 5.60 Å². The van der Waals surface area contributed by atoms with Crippen molar-refractivity contribution in [2.24, 2.45) is 0 Å². The number of aromatic nitrogens is 1. The molecule has 1 aromatic rings. The monoisotopic (exact) mass is 229 g/mol. The summed E-state index contributed by atoms with van der Waals surface area (Å²) in [5, 5.41) is 10.2. The van der Waals surface area contributed by atoms with Gasteiger partial charge in [-0.1, -0.05) is 31.5 Å². The lowest BCUT2D eigenvalue weighted by Gasteiger charge is -2.16. The SMILES string of the molecule is C#CC(O)(C#C[Si](C)(C)C)c1ccncc1. The molecule has 82 valence electrons. The van der Waals surface area contributed by atoms with E-state index in [1.165, 1.54) is 0 Å².